The van der Waals surface area contributed by atoms with Crippen LogP contribution in [0.3, 0.4) is 0 Å². The smallest absolute Gasteiger partial charge is 0.167 e. The van der Waals surface area contributed by atoms with E-state index in [2.05, 4.69) is 21.4 Å². The molecule has 1 N–H and O–H groups in total. The minimum Gasteiger partial charge on any atom is -0.356 e. The maximum Gasteiger partial charge on any atom is 0.167 e. The van der Waals surface area contributed by atoms with Crippen molar-refractivity contribution < 1.29 is 4.52 Å². The highest BCUT2D eigenvalue weighted by molar-refractivity contribution is 5.63. The molecule has 0 atom stereocenters. The first-order chi connectivity index (χ1) is 7.93. The van der Waals surface area contributed by atoms with Crippen LogP contribution in [0.5, 0.6) is 0 Å². The van der Waals surface area contributed by atoms with E-state index in [9.17, 15) is 0 Å². The van der Waals surface area contributed by atoms with Crippen molar-refractivity contribution in [2.24, 2.45) is 0 Å². The zero-order valence-corrected chi connectivity index (χ0v) is 8.34. The van der Waals surface area contributed by atoms with E-state index in [1.165, 1.54) is 0 Å². The fourth-order valence-electron chi connectivity index (χ4n) is 1.49. The largest absolute Gasteiger partial charge is 0.356 e. The van der Waals surface area contributed by atoms with E-state index >= 15 is 0 Å². The van der Waals surface area contributed by atoms with Crippen LogP contribution in [0.25, 0.3) is 22.7 Å². The normalized spacial score (nSPS) is 10.5. The van der Waals surface area contributed by atoms with Crippen LogP contribution >= 0.6 is 0 Å². The third kappa shape index (κ3) is 1.50. The molecule has 4 heteroatoms. The predicted octanol–water partition coefficient (Wildman–Crippen LogP) is 2.53. The maximum atomic E-state index is 5.25. The molecule has 0 unspecified atom stereocenters. The number of benzene rings is 1. The number of aromatic nitrogens is 3. The molecule has 0 aliphatic heterocycles. The summed E-state index contributed by atoms with van der Waals surface area (Å²) in [6.07, 6.45) is 1.63. The number of rotatable bonds is 2. The first-order valence-corrected chi connectivity index (χ1v) is 4.87. The molecule has 0 aliphatic carbocycles. The Morgan fingerprint density at radius 2 is 2.06 bits per heavy atom. The number of nitrogens with zero attached hydrogens (tertiary/aromatic N) is 2. The Morgan fingerprint density at radius 3 is 2.81 bits per heavy atom. The van der Waals surface area contributed by atoms with Crippen LogP contribution in [0.1, 0.15) is 0 Å². The molecule has 0 saturated heterocycles. The molecule has 2 aromatic heterocycles. The molecule has 1 aromatic carbocycles. The average Bonchev–Trinajstić information content (AvgIpc) is 3.01. The van der Waals surface area contributed by atoms with Gasteiger partial charge in [-0.15, -0.1) is 0 Å². The number of hydrogen-bond acceptors (Lipinski definition) is 3. The lowest BCUT2D eigenvalue weighted by Crippen LogP contribution is -1.75. The SMILES string of the molecule is [c]1c[nH]nc1-c1cc(-c2ccccc2)on1. The summed E-state index contributed by atoms with van der Waals surface area (Å²) in [5.41, 5.74) is 2.34. The van der Waals surface area contributed by atoms with E-state index in [0.29, 0.717) is 11.4 Å². The minimum absolute atomic E-state index is 0.658. The van der Waals surface area contributed by atoms with Gasteiger partial charge in [0, 0.05) is 23.9 Å². The van der Waals surface area contributed by atoms with Crippen molar-refractivity contribution >= 4 is 0 Å². The van der Waals surface area contributed by atoms with Crippen molar-refractivity contribution in [2.45, 2.75) is 0 Å². The van der Waals surface area contributed by atoms with Gasteiger partial charge in [-0.25, -0.2) is 0 Å². The summed E-state index contributed by atoms with van der Waals surface area (Å²) in [6.45, 7) is 0. The van der Waals surface area contributed by atoms with Gasteiger partial charge in [0.25, 0.3) is 0 Å². The monoisotopic (exact) mass is 210 g/mol. The van der Waals surface area contributed by atoms with Gasteiger partial charge in [0.05, 0.1) is 0 Å². The molecule has 77 valence electrons. The molecule has 16 heavy (non-hydrogen) atoms. The first-order valence-electron chi connectivity index (χ1n) is 4.87. The lowest BCUT2D eigenvalue weighted by atomic mass is 10.1. The van der Waals surface area contributed by atoms with Gasteiger partial charge in [-0.3, -0.25) is 5.10 Å². The van der Waals surface area contributed by atoms with Crippen molar-refractivity contribution in [3.05, 3.63) is 48.7 Å². The molecule has 0 fully saturated rings. The molecule has 3 rings (SSSR count). The summed E-state index contributed by atoms with van der Waals surface area (Å²) in [7, 11) is 0. The number of aromatic amines is 1. The van der Waals surface area contributed by atoms with Crippen molar-refractivity contribution in [1.29, 1.82) is 0 Å². The minimum atomic E-state index is 0.658. The lowest BCUT2D eigenvalue weighted by molar-refractivity contribution is 0.434. The quantitative estimate of drug-likeness (QED) is 0.707. The highest BCUT2D eigenvalue weighted by Gasteiger charge is 2.09. The van der Waals surface area contributed by atoms with E-state index in [1.807, 2.05) is 36.4 Å². The molecule has 2 heterocycles. The van der Waals surface area contributed by atoms with E-state index in [0.717, 1.165) is 11.3 Å². The van der Waals surface area contributed by atoms with Crippen LogP contribution in [0, 0.1) is 6.07 Å². The fraction of sp³-hybridized carbons (Fsp3) is 0. The van der Waals surface area contributed by atoms with Gasteiger partial charge >= 0.3 is 0 Å². The standard InChI is InChI=1S/C12H8N3O/c1-2-4-9(5-3-1)12-8-11(15-16-12)10-6-7-13-14-10/h1-5,7-8H,(H,13,14). The average molecular weight is 210 g/mol. The molecule has 3 aromatic rings. The Hall–Kier alpha value is -2.36. The summed E-state index contributed by atoms with van der Waals surface area (Å²) in [6, 6.07) is 14.6. The van der Waals surface area contributed by atoms with Crippen molar-refractivity contribution in [3.63, 3.8) is 0 Å². The molecular formula is C12H8N3O. The van der Waals surface area contributed by atoms with Crippen molar-refractivity contribution in [1.82, 2.24) is 15.4 Å². The van der Waals surface area contributed by atoms with Crippen LogP contribution in [-0.2, 0) is 0 Å². The predicted molar refractivity (Wildman–Crippen MR) is 58.4 cm³/mol. The topological polar surface area (TPSA) is 54.7 Å². The molecule has 0 amide bonds. The maximum absolute atomic E-state index is 5.25. The number of nitrogens with one attached hydrogen (secondary N) is 1. The third-order valence-corrected chi connectivity index (χ3v) is 2.26. The molecule has 4 nitrogen and oxygen atoms in total. The van der Waals surface area contributed by atoms with Crippen molar-refractivity contribution in [3.8, 4) is 22.7 Å². The van der Waals surface area contributed by atoms with Gasteiger partial charge < -0.3 is 4.52 Å². The van der Waals surface area contributed by atoms with Crippen molar-refractivity contribution in [2.75, 3.05) is 0 Å². The third-order valence-electron chi connectivity index (χ3n) is 2.26. The van der Waals surface area contributed by atoms with E-state index < -0.39 is 0 Å². The second kappa shape index (κ2) is 3.66. The Bertz CT molecular complexity index is 569. The zero-order chi connectivity index (χ0) is 10.8. The summed E-state index contributed by atoms with van der Waals surface area (Å²) in [4.78, 5) is 0. The Labute approximate surface area is 91.9 Å². The summed E-state index contributed by atoms with van der Waals surface area (Å²) in [5.74, 6) is 0.729. The van der Waals surface area contributed by atoms with Gasteiger partial charge in [-0.1, -0.05) is 35.5 Å². The molecule has 0 saturated carbocycles. The Balaban J connectivity index is 2.00. The molecule has 0 bridgehead atoms. The molecule has 0 spiro atoms. The van der Waals surface area contributed by atoms with Gasteiger partial charge in [-0.05, 0) is 0 Å². The summed E-state index contributed by atoms with van der Waals surface area (Å²) in [5, 5.41) is 10.6. The fourth-order valence-corrected chi connectivity index (χ4v) is 1.49. The number of hydrogen-bond donors (Lipinski definition) is 1. The van der Waals surface area contributed by atoms with Crippen LogP contribution in [-0.4, -0.2) is 15.4 Å². The van der Waals surface area contributed by atoms with Gasteiger partial charge in [-0.2, -0.15) is 5.10 Å². The van der Waals surface area contributed by atoms with Gasteiger partial charge in [0.2, 0.25) is 0 Å². The van der Waals surface area contributed by atoms with Crippen LogP contribution in [0.15, 0.2) is 47.1 Å². The van der Waals surface area contributed by atoms with Crippen LogP contribution < -0.4 is 0 Å². The molecule has 1 radical (unpaired) electrons. The van der Waals surface area contributed by atoms with Crippen LogP contribution in [0.2, 0.25) is 0 Å². The molecular weight excluding hydrogens is 202 g/mol. The highest BCUT2D eigenvalue weighted by Crippen LogP contribution is 2.23. The molecule has 0 aliphatic rings. The van der Waals surface area contributed by atoms with E-state index in [4.69, 9.17) is 4.52 Å². The first kappa shape index (κ1) is 8.91. The van der Waals surface area contributed by atoms with E-state index in [-0.39, 0.29) is 0 Å². The van der Waals surface area contributed by atoms with Gasteiger partial charge in [0.15, 0.2) is 5.76 Å². The van der Waals surface area contributed by atoms with Crippen LogP contribution in [0.4, 0.5) is 0 Å². The number of H-pyrrole nitrogens is 1. The lowest BCUT2D eigenvalue weighted by Gasteiger charge is -1.91. The second-order valence-electron chi connectivity index (χ2n) is 3.32. The second-order valence-corrected chi connectivity index (χ2v) is 3.32. The van der Waals surface area contributed by atoms with E-state index in [1.54, 1.807) is 6.20 Å². The highest BCUT2D eigenvalue weighted by atomic mass is 16.5. The Morgan fingerprint density at radius 1 is 1.19 bits per heavy atom. The summed E-state index contributed by atoms with van der Waals surface area (Å²) >= 11 is 0. The van der Waals surface area contributed by atoms with Gasteiger partial charge in [0.1, 0.15) is 11.4 Å². The Kier molecular flexibility index (Phi) is 2.04. The summed E-state index contributed by atoms with van der Waals surface area (Å²) < 4.78 is 5.25. The zero-order valence-electron chi connectivity index (χ0n) is 8.34.